The van der Waals surface area contributed by atoms with Crippen LogP contribution >= 0.6 is 0 Å². The number of hydrogen-bond acceptors (Lipinski definition) is 6. The Hall–Kier alpha value is -3.07. The Balaban J connectivity index is 1.94. The van der Waals surface area contributed by atoms with E-state index in [-0.39, 0.29) is 19.0 Å². The van der Waals surface area contributed by atoms with Gasteiger partial charge in [0.2, 0.25) is 0 Å². The largest absolute Gasteiger partial charge is 0.497 e. The molecule has 1 fully saturated rings. The molecular formula is C21H27N5O5. The smallest absolute Gasteiger partial charge is 0.333 e. The monoisotopic (exact) mass is 429 g/mol. The van der Waals surface area contributed by atoms with E-state index in [1.807, 2.05) is 13.8 Å². The molecule has 1 unspecified atom stereocenters. The molecule has 10 nitrogen and oxygen atoms in total. The molecule has 1 aromatic carbocycles. The van der Waals surface area contributed by atoms with Gasteiger partial charge in [-0.05, 0) is 36.1 Å². The molecule has 0 amide bonds. The van der Waals surface area contributed by atoms with Crippen LogP contribution in [0.15, 0.2) is 51.2 Å². The number of aliphatic hydroxyl groups excluding tert-OH is 1. The highest BCUT2D eigenvalue weighted by Crippen LogP contribution is 2.45. The van der Waals surface area contributed by atoms with Gasteiger partial charge in [0.15, 0.2) is 6.23 Å². The summed E-state index contributed by atoms with van der Waals surface area (Å²) in [5.41, 5.74) is 7.58. The first kappa shape index (κ1) is 22.6. The maximum Gasteiger partial charge on any atom is 0.333 e. The average molecular weight is 429 g/mol. The summed E-state index contributed by atoms with van der Waals surface area (Å²) in [7, 11) is 1.56. The van der Waals surface area contributed by atoms with Crippen LogP contribution in [0.25, 0.3) is 10.4 Å². The summed E-state index contributed by atoms with van der Waals surface area (Å²) < 4.78 is 13.7. The highest BCUT2D eigenvalue weighted by Gasteiger charge is 2.51. The Labute approximate surface area is 179 Å². The molecule has 2 aromatic rings. The molecule has 1 N–H and O–H groups in total. The second-order valence-electron chi connectivity index (χ2n) is 7.69. The van der Waals surface area contributed by atoms with Gasteiger partial charge in [-0.2, -0.15) is 0 Å². The van der Waals surface area contributed by atoms with E-state index in [1.165, 1.54) is 16.8 Å². The Morgan fingerprint density at radius 3 is 2.61 bits per heavy atom. The normalized spacial score (nSPS) is 25.2. The van der Waals surface area contributed by atoms with Crippen molar-refractivity contribution in [1.29, 1.82) is 0 Å². The summed E-state index contributed by atoms with van der Waals surface area (Å²) in [5.74, 6) is 0.375. The average Bonchev–Trinajstić information content (AvgIpc) is 3.03. The summed E-state index contributed by atoms with van der Waals surface area (Å²) in [6.07, 6.45) is 0.437. The number of nitrogens with zero attached hydrogens (tertiary/aromatic N) is 5. The fourth-order valence-corrected chi connectivity index (χ4v) is 4.13. The third-order valence-corrected chi connectivity index (χ3v) is 6.16. The lowest BCUT2D eigenvalue weighted by Gasteiger charge is -2.31. The third-order valence-electron chi connectivity index (χ3n) is 6.16. The van der Waals surface area contributed by atoms with Crippen LogP contribution in [0, 0.1) is 5.92 Å². The highest BCUT2D eigenvalue weighted by atomic mass is 16.5. The van der Waals surface area contributed by atoms with Gasteiger partial charge in [-0.25, -0.2) is 4.79 Å². The summed E-state index contributed by atoms with van der Waals surface area (Å²) in [4.78, 5) is 28.3. The van der Waals surface area contributed by atoms with Gasteiger partial charge in [-0.3, -0.25) is 13.9 Å². The second-order valence-corrected chi connectivity index (χ2v) is 7.69. The van der Waals surface area contributed by atoms with E-state index in [4.69, 9.17) is 15.0 Å². The molecule has 1 aliphatic heterocycles. The minimum Gasteiger partial charge on any atom is -0.497 e. The molecule has 0 aliphatic carbocycles. The zero-order valence-corrected chi connectivity index (χ0v) is 17.8. The quantitative estimate of drug-likeness (QED) is 0.391. The Kier molecular flexibility index (Phi) is 6.84. The molecule has 1 saturated heterocycles. The minimum absolute atomic E-state index is 0.0800. The maximum absolute atomic E-state index is 13.2. The summed E-state index contributed by atoms with van der Waals surface area (Å²) in [6.45, 7) is 4.08. The number of benzene rings is 1. The molecule has 10 heteroatoms. The van der Waals surface area contributed by atoms with E-state index < -0.39 is 29.2 Å². The zero-order chi connectivity index (χ0) is 22.6. The van der Waals surface area contributed by atoms with Crippen LogP contribution in [0.2, 0.25) is 0 Å². The van der Waals surface area contributed by atoms with E-state index in [1.54, 1.807) is 31.4 Å². The topological polar surface area (TPSA) is 131 Å². The highest BCUT2D eigenvalue weighted by molar-refractivity contribution is 5.27. The van der Waals surface area contributed by atoms with Gasteiger partial charge in [0.1, 0.15) is 11.9 Å². The molecule has 4 atom stereocenters. The van der Waals surface area contributed by atoms with Crippen molar-refractivity contribution < 1.29 is 14.6 Å². The van der Waals surface area contributed by atoms with E-state index in [0.717, 1.165) is 10.1 Å². The Morgan fingerprint density at radius 2 is 2.00 bits per heavy atom. The van der Waals surface area contributed by atoms with Crippen molar-refractivity contribution in [2.45, 2.75) is 51.2 Å². The number of rotatable bonds is 8. The van der Waals surface area contributed by atoms with Crippen LogP contribution in [0.5, 0.6) is 5.75 Å². The first-order valence-corrected chi connectivity index (χ1v) is 10.2. The standard InChI is InChI=1S/C21H27N5O5/c1-4-21(10-11-23-24-22)14(2)18(28)19(31-21)25-12-9-17(27)26(20(25)29)13-15-5-7-16(30-3)8-6-15/h5-9,12,14,18-19,28H,4,10-11,13H2,1-3H3/t14?,18-,19+,21-/m0/s1. The van der Waals surface area contributed by atoms with E-state index >= 15 is 0 Å². The predicted molar refractivity (Wildman–Crippen MR) is 114 cm³/mol. The second kappa shape index (κ2) is 9.38. The third kappa shape index (κ3) is 4.36. The molecule has 3 rings (SSSR count). The van der Waals surface area contributed by atoms with Gasteiger partial charge in [0.05, 0.1) is 19.3 Å². The fourth-order valence-electron chi connectivity index (χ4n) is 4.13. The van der Waals surface area contributed by atoms with Crippen molar-refractivity contribution >= 4 is 0 Å². The number of aliphatic hydroxyl groups is 1. The van der Waals surface area contributed by atoms with Gasteiger partial charge >= 0.3 is 5.69 Å². The zero-order valence-electron chi connectivity index (χ0n) is 17.8. The van der Waals surface area contributed by atoms with Crippen LogP contribution < -0.4 is 16.0 Å². The lowest BCUT2D eigenvalue weighted by atomic mass is 9.82. The molecule has 31 heavy (non-hydrogen) atoms. The maximum atomic E-state index is 13.2. The van der Waals surface area contributed by atoms with Gasteiger partial charge in [-0.1, -0.05) is 31.1 Å². The van der Waals surface area contributed by atoms with Crippen molar-refractivity contribution in [2.75, 3.05) is 13.7 Å². The Morgan fingerprint density at radius 1 is 1.29 bits per heavy atom. The molecule has 1 aromatic heterocycles. The van der Waals surface area contributed by atoms with Crippen molar-refractivity contribution in [2.24, 2.45) is 11.0 Å². The minimum atomic E-state index is -0.962. The van der Waals surface area contributed by atoms with E-state index in [2.05, 4.69) is 10.0 Å². The van der Waals surface area contributed by atoms with E-state index in [0.29, 0.717) is 18.6 Å². The summed E-state index contributed by atoms with van der Waals surface area (Å²) >= 11 is 0. The number of methoxy groups -OCH3 is 1. The SMILES string of the molecule is CC[C@@]1(CCN=[N+]=[N-])O[C@@H](n2ccc(=O)n(Cc3ccc(OC)cc3)c2=O)[C@@H](O)C1C. The molecule has 0 spiro atoms. The van der Waals surface area contributed by atoms with Gasteiger partial charge < -0.3 is 14.6 Å². The lowest BCUT2D eigenvalue weighted by Crippen LogP contribution is -2.42. The molecule has 166 valence electrons. The van der Waals surface area contributed by atoms with Gasteiger partial charge in [0.25, 0.3) is 5.56 Å². The number of azide groups is 1. The molecular weight excluding hydrogens is 402 g/mol. The lowest BCUT2D eigenvalue weighted by molar-refractivity contribution is -0.0994. The van der Waals surface area contributed by atoms with Crippen molar-refractivity contribution in [3.05, 3.63) is 73.4 Å². The molecule has 2 heterocycles. The van der Waals surface area contributed by atoms with Crippen molar-refractivity contribution in [3.8, 4) is 5.75 Å². The summed E-state index contributed by atoms with van der Waals surface area (Å²) in [6, 6.07) is 8.36. The first-order valence-electron chi connectivity index (χ1n) is 10.2. The molecule has 1 aliphatic rings. The molecule has 0 saturated carbocycles. The molecule has 0 radical (unpaired) electrons. The summed E-state index contributed by atoms with van der Waals surface area (Å²) in [5, 5.41) is 14.5. The van der Waals surface area contributed by atoms with Gasteiger partial charge in [0, 0.05) is 29.6 Å². The van der Waals surface area contributed by atoms with Crippen LogP contribution in [0.3, 0.4) is 0 Å². The van der Waals surface area contributed by atoms with E-state index in [9.17, 15) is 14.7 Å². The molecule has 0 bridgehead atoms. The van der Waals surface area contributed by atoms with Crippen LogP contribution in [0.1, 0.15) is 38.5 Å². The number of ether oxygens (including phenoxy) is 2. The first-order chi connectivity index (χ1) is 14.9. The van der Waals surface area contributed by atoms with Crippen LogP contribution in [-0.4, -0.2) is 39.6 Å². The fraction of sp³-hybridized carbons (Fsp3) is 0.524. The van der Waals surface area contributed by atoms with Gasteiger partial charge in [-0.15, -0.1) is 0 Å². The number of aromatic nitrogens is 2. The van der Waals surface area contributed by atoms with Crippen LogP contribution in [0.4, 0.5) is 0 Å². The van der Waals surface area contributed by atoms with Crippen molar-refractivity contribution in [3.63, 3.8) is 0 Å². The predicted octanol–water partition coefficient (Wildman–Crippen LogP) is 2.44. The Bertz CT molecular complexity index is 1070. The van der Waals surface area contributed by atoms with Crippen molar-refractivity contribution in [1.82, 2.24) is 9.13 Å². The number of hydrogen-bond donors (Lipinski definition) is 1. The van der Waals surface area contributed by atoms with Crippen LogP contribution in [-0.2, 0) is 11.3 Å².